The monoisotopic (exact) mass is 315 g/mol. The number of hydrogen-bond donors (Lipinski definition) is 1. The van der Waals surface area contributed by atoms with E-state index in [1.54, 1.807) is 4.52 Å². The van der Waals surface area contributed by atoms with Crippen LogP contribution in [0.5, 0.6) is 0 Å². The zero-order chi connectivity index (χ0) is 16.0. The molecule has 2 heterocycles. The number of carbonyl (C=O) groups is 1. The summed E-state index contributed by atoms with van der Waals surface area (Å²) < 4.78 is 6.28. The van der Waals surface area contributed by atoms with Crippen molar-refractivity contribution >= 4 is 17.6 Å². The molecule has 7 nitrogen and oxygen atoms in total. The average molecular weight is 315 g/mol. The van der Waals surface area contributed by atoms with Gasteiger partial charge in [-0.3, -0.25) is 0 Å². The van der Waals surface area contributed by atoms with Gasteiger partial charge in [0.1, 0.15) is 5.82 Å². The topological polar surface area (TPSA) is 81.4 Å². The second-order valence-electron chi connectivity index (χ2n) is 6.64. The van der Waals surface area contributed by atoms with Crippen LogP contribution in [0.25, 0.3) is 5.78 Å². The lowest BCUT2D eigenvalue weighted by atomic mass is 9.98. The fraction of sp³-hybridized carbons (Fsp3) is 0.625. The Balaban J connectivity index is 1.59. The van der Waals surface area contributed by atoms with Gasteiger partial charge in [0, 0.05) is 18.3 Å². The standard InChI is InChI=1S/C16H21N5O2/c1-9-7-13(17-8-12(10-3-4-10)11-5-6-11)21-16(18-9)19-14(20-21)15(22)23-2/h7,10-12,17H,3-6,8H2,1-2H3. The highest BCUT2D eigenvalue weighted by molar-refractivity contribution is 5.85. The zero-order valence-electron chi connectivity index (χ0n) is 13.5. The van der Waals surface area contributed by atoms with Crippen LogP contribution in [0.2, 0.25) is 0 Å². The van der Waals surface area contributed by atoms with Crippen molar-refractivity contribution in [1.82, 2.24) is 19.6 Å². The van der Waals surface area contributed by atoms with Gasteiger partial charge in [-0.15, -0.1) is 5.10 Å². The van der Waals surface area contributed by atoms with E-state index in [-0.39, 0.29) is 5.82 Å². The molecule has 4 rings (SSSR count). The van der Waals surface area contributed by atoms with Gasteiger partial charge < -0.3 is 10.1 Å². The van der Waals surface area contributed by atoms with E-state index in [0.29, 0.717) is 5.78 Å². The number of aromatic nitrogens is 4. The van der Waals surface area contributed by atoms with Crippen LogP contribution in [-0.4, -0.2) is 39.2 Å². The number of hydrogen-bond acceptors (Lipinski definition) is 6. The number of aryl methyl sites for hydroxylation is 1. The largest absolute Gasteiger partial charge is 0.463 e. The summed E-state index contributed by atoms with van der Waals surface area (Å²) in [4.78, 5) is 20.1. The second-order valence-corrected chi connectivity index (χ2v) is 6.64. The number of esters is 1. The predicted molar refractivity (Wildman–Crippen MR) is 84.3 cm³/mol. The Hall–Kier alpha value is -2.18. The molecule has 0 radical (unpaired) electrons. The van der Waals surface area contributed by atoms with Crippen molar-refractivity contribution in [3.8, 4) is 0 Å². The summed E-state index contributed by atoms with van der Waals surface area (Å²) in [6, 6.07) is 1.94. The van der Waals surface area contributed by atoms with Crippen LogP contribution in [0, 0.1) is 24.7 Å². The van der Waals surface area contributed by atoms with E-state index in [4.69, 9.17) is 0 Å². The molecule has 2 fully saturated rings. The molecule has 0 spiro atoms. The van der Waals surface area contributed by atoms with Gasteiger partial charge in [0.25, 0.3) is 11.6 Å². The number of methoxy groups -OCH3 is 1. The van der Waals surface area contributed by atoms with Gasteiger partial charge in [-0.1, -0.05) is 0 Å². The Morgan fingerprint density at radius 3 is 2.65 bits per heavy atom. The van der Waals surface area contributed by atoms with E-state index in [2.05, 4.69) is 25.1 Å². The molecule has 2 aliphatic rings. The lowest BCUT2D eigenvalue weighted by Crippen LogP contribution is -2.20. The van der Waals surface area contributed by atoms with Crippen molar-refractivity contribution in [3.05, 3.63) is 17.6 Å². The minimum atomic E-state index is -0.548. The lowest BCUT2D eigenvalue weighted by molar-refractivity contribution is 0.0587. The summed E-state index contributed by atoms with van der Waals surface area (Å²) in [5.41, 5.74) is 0.846. The van der Waals surface area contributed by atoms with Crippen molar-refractivity contribution < 1.29 is 9.53 Å². The molecule has 23 heavy (non-hydrogen) atoms. The molecule has 0 aliphatic heterocycles. The van der Waals surface area contributed by atoms with Crippen LogP contribution in [-0.2, 0) is 4.74 Å². The number of carbonyl (C=O) groups excluding carboxylic acids is 1. The smallest absolute Gasteiger partial charge is 0.378 e. The average Bonchev–Trinajstić information content (AvgIpc) is 3.45. The van der Waals surface area contributed by atoms with Gasteiger partial charge in [0.05, 0.1) is 7.11 Å². The Morgan fingerprint density at radius 1 is 1.35 bits per heavy atom. The van der Waals surface area contributed by atoms with Gasteiger partial charge in [0.2, 0.25) is 0 Å². The van der Waals surface area contributed by atoms with E-state index >= 15 is 0 Å². The summed E-state index contributed by atoms with van der Waals surface area (Å²) in [5, 5.41) is 7.74. The zero-order valence-corrected chi connectivity index (χ0v) is 13.5. The van der Waals surface area contributed by atoms with Crippen molar-refractivity contribution in [2.45, 2.75) is 32.6 Å². The van der Waals surface area contributed by atoms with Crippen molar-refractivity contribution in [2.24, 2.45) is 17.8 Å². The van der Waals surface area contributed by atoms with E-state index in [9.17, 15) is 4.79 Å². The number of fused-ring (bicyclic) bond motifs is 1. The number of ether oxygens (including phenoxy) is 1. The normalized spacial score (nSPS) is 17.7. The van der Waals surface area contributed by atoms with Gasteiger partial charge >= 0.3 is 5.97 Å². The van der Waals surface area contributed by atoms with Crippen LogP contribution in [0.1, 0.15) is 42.0 Å². The van der Waals surface area contributed by atoms with Crippen molar-refractivity contribution in [2.75, 3.05) is 19.0 Å². The molecule has 2 aromatic rings. The molecule has 0 saturated heterocycles. The number of anilines is 1. The number of rotatable bonds is 6. The first-order valence-electron chi connectivity index (χ1n) is 8.22. The highest BCUT2D eigenvalue weighted by Gasteiger charge is 2.41. The molecule has 1 N–H and O–H groups in total. The molecular weight excluding hydrogens is 294 g/mol. The van der Waals surface area contributed by atoms with Crippen LogP contribution in [0.15, 0.2) is 6.07 Å². The van der Waals surface area contributed by atoms with Gasteiger partial charge in [0.15, 0.2) is 0 Å². The molecular formula is C16H21N5O2. The summed E-state index contributed by atoms with van der Waals surface area (Å²) in [6.07, 6.45) is 5.46. The lowest BCUT2D eigenvalue weighted by Gasteiger charge is -2.17. The first-order valence-corrected chi connectivity index (χ1v) is 8.22. The molecule has 0 unspecified atom stereocenters. The summed E-state index contributed by atoms with van der Waals surface area (Å²) in [6.45, 7) is 2.86. The van der Waals surface area contributed by atoms with Crippen LogP contribution in [0.4, 0.5) is 5.82 Å². The van der Waals surface area contributed by atoms with E-state index in [0.717, 1.165) is 35.8 Å². The Labute approximate surface area is 134 Å². The minimum Gasteiger partial charge on any atom is -0.463 e. The van der Waals surface area contributed by atoms with Crippen LogP contribution in [0.3, 0.4) is 0 Å². The number of nitrogens with zero attached hydrogens (tertiary/aromatic N) is 4. The van der Waals surface area contributed by atoms with Crippen molar-refractivity contribution in [1.29, 1.82) is 0 Å². The molecule has 0 atom stereocenters. The second kappa shape index (κ2) is 5.47. The molecule has 2 aromatic heterocycles. The van der Waals surface area contributed by atoms with E-state index in [1.807, 2.05) is 13.0 Å². The van der Waals surface area contributed by atoms with Gasteiger partial charge in [-0.2, -0.15) is 9.50 Å². The maximum atomic E-state index is 11.6. The van der Waals surface area contributed by atoms with Crippen LogP contribution < -0.4 is 5.32 Å². The third kappa shape index (κ3) is 2.87. The molecule has 2 aliphatic carbocycles. The quantitative estimate of drug-likeness (QED) is 0.822. The van der Waals surface area contributed by atoms with E-state index in [1.165, 1.54) is 32.8 Å². The molecule has 0 aromatic carbocycles. The first-order chi connectivity index (χ1) is 11.2. The van der Waals surface area contributed by atoms with E-state index < -0.39 is 5.97 Å². The highest BCUT2D eigenvalue weighted by atomic mass is 16.5. The predicted octanol–water partition coefficient (Wildman–Crippen LogP) is 2.07. The minimum absolute atomic E-state index is 0.0367. The maximum absolute atomic E-state index is 11.6. The fourth-order valence-corrected chi connectivity index (χ4v) is 3.28. The summed E-state index contributed by atoms with van der Waals surface area (Å²) >= 11 is 0. The Morgan fingerprint density at radius 2 is 2.04 bits per heavy atom. The van der Waals surface area contributed by atoms with Gasteiger partial charge in [-0.25, -0.2) is 9.78 Å². The van der Waals surface area contributed by atoms with Crippen molar-refractivity contribution in [3.63, 3.8) is 0 Å². The first kappa shape index (κ1) is 14.4. The summed E-state index contributed by atoms with van der Waals surface area (Å²) in [5.74, 6) is 3.26. The number of nitrogens with one attached hydrogen (secondary N) is 1. The Kier molecular flexibility index (Phi) is 3.43. The maximum Gasteiger partial charge on any atom is 0.378 e. The molecule has 2 saturated carbocycles. The SMILES string of the molecule is COC(=O)c1nc2nc(C)cc(NCC(C3CC3)C3CC3)n2n1. The van der Waals surface area contributed by atoms with Crippen LogP contribution >= 0.6 is 0 Å². The summed E-state index contributed by atoms with van der Waals surface area (Å²) in [7, 11) is 1.32. The van der Waals surface area contributed by atoms with Gasteiger partial charge in [-0.05, 0) is 50.4 Å². The molecule has 0 bridgehead atoms. The molecule has 7 heteroatoms. The fourth-order valence-electron chi connectivity index (χ4n) is 3.28. The Bertz CT molecular complexity index is 736. The highest BCUT2D eigenvalue weighted by Crippen LogP contribution is 2.49. The third-order valence-electron chi connectivity index (χ3n) is 4.78. The molecule has 122 valence electrons. The molecule has 0 amide bonds. The third-order valence-corrected chi connectivity index (χ3v) is 4.78.